The second-order valence-electron chi connectivity index (χ2n) is 6.45. The molecule has 3 aliphatic carbocycles. The lowest BCUT2D eigenvalue weighted by molar-refractivity contribution is 0.0810. The highest BCUT2D eigenvalue weighted by atomic mass is 16.5. The van der Waals surface area contributed by atoms with Crippen LogP contribution in [0.4, 0.5) is 0 Å². The molecule has 4 atom stereocenters. The van der Waals surface area contributed by atoms with E-state index in [-0.39, 0.29) is 0 Å². The minimum Gasteiger partial charge on any atom is -0.497 e. The molecule has 2 nitrogen and oxygen atoms in total. The van der Waals surface area contributed by atoms with E-state index in [0.717, 1.165) is 23.7 Å². The second kappa shape index (κ2) is 4.09. The van der Waals surface area contributed by atoms with Crippen molar-refractivity contribution in [3.05, 3.63) is 29.3 Å². The van der Waals surface area contributed by atoms with Gasteiger partial charge in [-0.3, -0.25) is 4.79 Å². The molecule has 1 aromatic carbocycles. The number of Topliss-reactive ketones (excluding diaryl/α,β-unsaturated/α-hetero) is 1. The van der Waals surface area contributed by atoms with E-state index in [9.17, 15) is 4.79 Å². The molecule has 4 rings (SSSR count). The molecule has 2 saturated carbocycles. The minimum absolute atomic E-state index is 0.327. The number of ether oxygens (including phenoxy) is 1. The normalized spacial score (nSPS) is 35.7. The van der Waals surface area contributed by atoms with Crippen molar-refractivity contribution in [3.63, 3.8) is 0 Å². The number of fused-ring (bicyclic) bond motifs is 6. The average molecular weight is 256 g/mol. The van der Waals surface area contributed by atoms with Gasteiger partial charge in [0.15, 0.2) is 5.78 Å². The van der Waals surface area contributed by atoms with Crippen LogP contribution in [0.5, 0.6) is 5.75 Å². The zero-order valence-corrected chi connectivity index (χ0v) is 11.4. The molecule has 0 N–H and O–H groups in total. The quantitative estimate of drug-likeness (QED) is 0.769. The van der Waals surface area contributed by atoms with E-state index in [1.54, 1.807) is 7.11 Å². The van der Waals surface area contributed by atoms with Crippen LogP contribution in [-0.4, -0.2) is 12.9 Å². The maximum Gasteiger partial charge on any atom is 0.166 e. The van der Waals surface area contributed by atoms with Crippen LogP contribution in [0.15, 0.2) is 18.2 Å². The molecule has 19 heavy (non-hydrogen) atoms. The SMILES string of the molecule is COc1ccc2c(c1)CC[C@H]1[C@@H]3CC[C@@H](C3)[C@@H]1C2=O. The predicted octanol–water partition coefficient (Wildman–Crippen LogP) is 3.49. The van der Waals surface area contributed by atoms with Gasteiger partial charge in [-0.25, -0.2) is 0 Å². The highest BCUT2D eigenvalue weighted by Gasteiger charge is 2.51. The van der Waals surface area contributed by atoms with E-state index in [1.807, 2.05) is 12.1 Å². The molecule has 0 amide bonds. The van der Waals surface area contributed by atoms with Crippen LogP contribution in [-0.2, 0) is 6.42 Å². The standard InChI is InChI=1S/C17H20O2/c1-19-13-5-7-15-11(9-13)4-6-14-10-2-3-12(8-10)16(14)17(15)18/h5,7,9-10,12,14,16H,2-4,6,8H2,1H3/t10-,12+,14+,16+/m1/s1. The van der Waals surface area contributed by atoms with E-state index in [4.69, 9.17) is 4.74 Å². The Kier molecular flexibility index (Phi) is 2.48. The summed E-state index contributed by atoms with van der Waals surface area (Å²) in [6, 6.07) is 5.99. The number of rotatable bonds is 1. The highest BCUT2D eigenvalue weighted by Crippen LogP contribution is 2.55. The fraction of sp³-hybridized carbons (Fsp3) is 0.588. The lowest BCUT2D eigenvalue weighted by Crippen LogP contribution is -2.28. The predicted molar refractivity (Wildman–Crippen MR) is 73.5 cm³/mol. The number of carbonyl (C=O) groups is 1. The third kappa shape index (κ3) is 1.58. The smallest absolute Gasteiger partial charge is 0.166 e. The van der Waals surface area contributed by atoms with Crippen molar-refractivity contribution in [3.8, 4) is 5.75 Å². The molecule has 2 fully saturated rings. The Morgan fingerprint density at radius 3 is 2.84 bits per heavy atom. The number of ketones is 1. The summed E-state index contributed by atoms with van der Waals surface area (Å²) in [5, 5.41) is 0. The maximum absolute atomic E-state index is 12.9. The van der Waals surface area contributed by atoms with Gasteiger partial charge in [0.25, 0.3) is 0 Å². The average Bonchev–Trinajstić information content (AvgIpc) is 3.01. The fourth-order valence-corrected chi connectivity index (χ4v) is 4.88. The zero-order chi connectivity index (χ0) is 13.0. The summed E-state index contributed by atoms with van der Waals surface area (Å²) in [6.07, 6.45) is 6.19. The zero-order valence-electron chi connectivity index (χ0n) is 11.4. The number of carbonyl (C=O) groups excluding carboxylic acids is 1. The van der Waals surface area contributed by atoms with Crippen molar-refractivity contribution in [2.24, 2.45) is 23.7 Å². The fourth-order valence-electron chi connectivity index (χ4n) is 4.88. The molecule has 0 spiro atoms. The van der Waals surface area contributed by atoms with Crippen molar-refractivity contribution >= 4 is 5.78 Å². The molecule has 0 aliphatic heterocycles. The summed E-state index contributed by atoms with van der Waals surface area (Å²) in [4.78, 5) is 12.9. The molecule has 3 aliphatic rings. The second-order valence-corrected chi connectivity index (χ2v) is 6.45. The van der Waals surface area contributed by atoms with Gasteiger partial charge >= 0.3 is 0 Å². The van der Waals surface area contributed by atoms with Crippen LogP contribution in [0.3, 0.4) is 0 Å². The van der Waals surface area contributed by atoms with Crippen LogP contribution < -0.4 is 4.74 Å². The molecule has 0 aromatic heterocycles. The molecule has 0 unspecified atom stereocenters. The maximum atomic E-state index is 12.9. The van der Waals surface area contributed by atoms with Crippen LogP contribution in [0.2, 0.25) is 0 Å². The molecule has 0 heterocycles. The highest BCUT2D eigenvalue weighted by molar-refractivity contribution is 6.00. The largest absolute Gasteiger partial charge is 0.497 e. The Balaban J connectivity index is 1.76. The molecule has 100 valence electrons. The molecule has 1 aromatic rings. The van der Waals surface area contributed by atoms with Crippen LogP contribution >= 0.6 is 0 Å². The molecule has 2 bridgehead atoms. The van der Waals surface area contributed by atoms with Gasteiger partial charge in [0.05, 0.1) is 7.11 Å². The van der Waals surface area contributed by atoms with Gasteiger partial charge in [0, 0.05) is 11.5 Å². The summed E-state index contributed by atoms with van der Waals surface area (Å²) >= 11 is 0. The number of methoxy groups -OCH3 is 1. The summed E-state index contributed by atoms with van der Waals surface area (Å²) in [5.74, 6) is 3.79. The van der Waals surface area contributed by atoms with Crippen molar-refractivity contribution in [2.45, 2.75) is 32.1 Å². The number of hydrogen-bond donors (Lipinski definition) is 0. The van der Waals surface area contributed by atoms with Gasteiger partial charge in [-0.2, -0.15) is 0 Å². The number of aryl methyl sites for hydroxylation is 1. The monoisotopic (exact) mass is 256 g/mol. The van der Waals surface area contributed by atoms with Crippen LogP contribution in [0.1, 0.15) is 41.6 Å². The first-order chi connectivity index (χ1) is 9.28. The lowest BCUT2D eigenvalue weighted by Gasteiger charge is -2.28. The first kappa shape index (κ1) is 11.5. The van der Waals surface area contributed by atoms with E-state index in [1.165, 1.54) is 31.2 Å². The Morgan fingerprint density at radius 2 is 2.00 bits per heavy atom. The summed E-state index contributed by atoms with van der Waals surface area (Å²) in [6.45, 7) is 0. The Bertz CT molecular complexity index is 534. The minimum atomic E-state index is 0.327. The van der Waals surface area contributed by atoms with Crippen molar-refractivity contribution < 1.29 is 9.53 Å². The molecule has 2 heteroatoms. The van der Waals surface area contributed by atoms with Gasteiger partial charge < -0.3 is 4.74 Å². The Labute approximate surface area is 114 Å². The van der Waals surface area contributed by atoms with Gasteiger partial charge in [0.2, 0.25) is 0 Å². The molecular weight excluding hydrogens is 236 g/mol. The summed E-state index contributed by atoms with van der Waals surface area (Å²) in [7, 11) is 1.69. The first-order valence-corrected chi connectivity index (χ1v) is 7.49. The van der Waals surface area contributed by atoms with Gasteiger partial charge in [-0.1, -0.05) is 0 Å². The number of benzene rings is 1. The third-order valence-corrected chi connectivity index (χ3v) is 5.72. The lowest BCUT2D eigenvalue weighted by atomic mass is 9.75. The summed E-state index contributed by atoms with van der Waals surface area (Å²) < 4.78 is 5.29. The van der Waals surface area contributed by atoms with Crippen molar-refractivity contribution in [2.75, 3.05) is 7.11 Å². The van der Waals surface area contributed by atoms with Gasteiger partial charge in [-0.15, -0.1) is 0 Å². The van der Waals surface area contributed by atoms with E-state index in [2.05, 4.69) is 6.07 Å². The Morgan fingerprint density at radius 1 is 1.16 bits per heavy atom. The summed E-state index contributed by atoms with van der Waals surface area (Å²) in [5.41, 5.74) is 2.18. The molecule has 0 radical (unpaired) electrons. The van der Waals surface area contributed by atoms with Gasteiger partial charge in [0.1, 0.15) is 5.75 Å². The molecule has 0 saturated heterocycles. The third-order valence-electron chi connectivity index (χ3n) is 5.72. The van der Waals surface area contributed by atoms with E-state index < -0.39 is 0 Å². The van der Waals surface area contributed by atoms with Crippen molar-refractivity contribution in [1.82, 2.24) is 0 Å². The van der Waals surface area contributed by atoms with E-state index in [0.29, 0.717) is 23.5 Å². The number of hydrogen-bond acceptors (Lipinski definition) is 2. The van der Waals surface area contributed by atoms with Crippen molar-refractivity contribution in [1.29, 1.82) is 0 Å². The topological polar surface area (TPSA) is 26.3 Å². The van der Waals surface area contributed by atoms with Crippen LogP contribution in [0.25, 0.3) is 0 Å². The van der Waals surface area contributed by atoms with Crippen LogP contribution in [0, 0.1) is 23.7 Å². The van der Waals surface area contributed by atoms with E-state index >= 15 is 0 Å². The Hall–Kier alpha value is -1.31. The first-order valence-electron chi connectivity index (χ1n) is 7.49. The van der Waals surface area contributed by atoms with Gasteiger partial charge in [-0.05, 0) is 73.6 Å². The molecular formula is C17H20O2.